The molecular weight excluding hydrogens is 252 g/mol. The zero-order valence-corrected chi connectivity index (χ0v) is 12.1. The Morgan fingerprint density at radius 3 is 2.70 bits per heavy atom. The van der Waals surface area contributed by atoms with E-state index in [1.165, 1.54) is 0 Å². The molecule has 106 valence electrons. The van der Waals surface area contributed by atoms with E-state index in [4.69, 9.17) is 0 Å². The van der Waals surface area contributed by atoms with Crippen molar-refractivity contribution in [1.82, 2.24) is 20.4 Å². The second-order valence-corrected chi connectivity index (χ2v) is 4.82. The van der Waals surface area contributed by atoms with E-state index in [0.29, 0.717) is 12.2 Å². The van der Waals surface area contributed by atoms with E-state index in [1.54, 1.807) is 10.7 Å². The number of aromatic nitrogens is 2. The molecule has 2 aromatic rings. The van der Waals surface area contributed by atoms with Gasteiger partial charge in [-0.15, -0.1) is 0 Å². The van der Waals surface area contributed by atoms with Crippen LogP contribution in [0.15, 0.2) is 36.4 Å². The number of benzene rings is 1. The minimum atomic E-state index is -0.148. The van der Waals surface area contributed by atoms with E-state index >= 15 is 0 Å². The second kappa shape index (κ2) is 6.34. The van der Waals surface area contributed by atoms with Gasteiger partial charge in [0.2, 0.25) is 0 Å². The molecule has 1 aromatic heterocycles. The Hall–Kier alpha value is -2.14. The molecule has 5 nitrogen and oxygen atoms in total. The molecule has 0 radical (unpaired) electrons. The number of rotatable bonds is 5. The largest absolute Gasteiger partial charge is 0.349 e. The molecule has 20 heavy (non-hydrogen) atoms. The van der Waals surface area contributed by atoms with Gasteiger partial charge in [-0.3, -0.25) is 4.79 Å². The van der Waals surface area contributed by atoms with Crippen molar-refractivity contribution in [2.24, 2.45) is 0 Å². The molecule has 2 N–H and O–H groups in total. The van der Waals surface area contributed by atoms with Gasteiger partial charge in [0.25, 0.3) is 5.91 Å². The summed E-state index contributed by atoms with van der Waals surface area (Å²) < 4.78 is 1.77. The number of hydrogen-bond acceptors (Lipinski definition) is 3. The van der Waals surface area contributed by atoms with E-state index < -0.39 is 0 Å². The van der Waals surface area contributed by atoms with Crippen LogP contribution in [0.1, 0.15) is 23.1 Å². The monoisotopic (exact) mass is 272 g/mol. The van der Waals surface area contributed by atoms with E-state index in [1.807, 2.05) is 51.2 Å². The fourth-order valence-corrected chi connectivity index (χ4v) is 1.85. The van der Waals surface area contributed by atoms with Crippen molar-refractivity contribution in [1.29, 1.82) is 0 Å². The molecule has 0 aliphatic heterocycles. The van der Waals surface area contributed by atoms with E-state index in [-0.39, 0.29) is 11.9 Å². The lowest BCUT2D eigenvalue weighted by Crippen LogP contribution is -2.37. The van der Waals surface area contributed by atoms with Gasteiger partial charge >= 0.3 is 0 Å². The lowest BCUT2D eigenvalue weighted by molar-refractivity contribution is 0.0945. The summed E-state index contributed by atoms with van der Waals surface area (Å²) >= 11 is 0. The molecule has 0 fully saturated rings. The summed E-state index contributed by atoms with van der Waals surface area (Å²) in [6.45, 7) is 4.52. The maximum Gasteiger partial charge on any atom is 0.271 e. The number of hydrogen-bond donors (Lipinski definition) is 2. The molecule has 0 bridgehead atoms. The van der Waals surface area contributed by atoms with Gasteiger partial charge < -0.3 is 10.6 Å². The van der Waals surface area contributed by atoms with Gasteiger partial charge in [-0.1, -0.05) is 18.2 Å². The smallest absolute Gasteiger partial charge is 0.271 e. The molecule has 0 saturated heterocycles. The Morgan fingerprint density at radius 2 is 2.05 bits per heavy atom. The lowest BCUT2D eigenvalue weighted by atomic mass is 10.3. The van der Waals surface area contributed by atoms with Crippen LogP contribution in [-0.4, -0.2) is 35.3 Å². The maximum absolute atomic E-state index is 12.0. The molecule has 0 aliphatic rings. The Kier molecular flexibility index (Phi) is 4.53. The van der Waals surface area contributed by atoms with Crippen LogP contribution in [0, 0.1) is 6.92 Å². The number of para-hydroxylation sites is 1. The highest BCUT2D eigenvalue weighted by molar-refractivity contribution is 5.92. The normalized spacial score (nSPS) is 12.2. The summed E-state index contributed by atoms with van der Waals surface area (Å²) in [4.78, 5) is 12.0. The van der Waals surface area contributed by atoms with E-state index in [0.717, 1.165) is 11.4 Å². The number of carbonyl (C=O) groups is 1. The summed E-state index contributed by atoms with van der Waals surface area (Å²) in [6, 6.07) is 11.8. The fourth-order valence-electron chi connectivity index (χ4n) is 1.85. The molecule has 2 rings (SSSR count). The van der Waals surface area contributed by atoms with Crippen molar-refractivity contribution in [3.8, 4) is 5.69 Å². The first-order valence-corrected chi connectivity index (χ1v) is 6.69. The van der Waals surface area contributed by atoms with Gasteiger partial charge in [-0.2, -0.15) is 5.10 Å². The van der Waals surface area contributed by atoms with Crippen molar-refractivity contribution in [2.45, 2.75) is 19.9 Å². The summed E-state index contributed by atoms with van der Waals surface area (Å²) in [5, 5.41) is 10.3. The highest BCUT2D eigenvalue weighted by atomic mass is 16.1. The van der Waals surface area contributed by atoms with Crippen molar-refractivity contribution in [2.75, 3.05) is 13.6 Å². The first kappa shape index (κ1) is 14.3. The number of carbonyl (C=O) groups excluding carboxylic acids is 1. The number of aryl methyl sites for hydroxylation is 1. The lowest BCUT2D eigenvalue weighted by Gasteiger charge is -2.10. The molecule has 1 amide bonds. The van der Waals surface area contributed by atoms with Crippen molar-refractivity contribution < 1.29 is 4.79 Å². The van der Waals surface area contributed by atoms with Crippen molar-refractivity contribution >= 4 is 5.91 Å². The topological polar surface area (TPSA) is 58.9 Å². The third-order valence-electron chi connectivity index (χ3n) is 3.18. The molecule has 1 aromatic carbocycles. The third kappa shape index (κ3) is 3.24. The number of amides is 1. The van der Waals surface area contributed by atoms with Crippen LogP contribution in [0.25, 0.3) is 5.69 Å². The zero-order chi connectivity index (χ0) is 14.5. The van der Waals surface area contributed by atoms with Crippen LogP contribution >= 0.6 is 0 Å². The molecule has 5 heteroatoms. The predicted molar refractivity (Wildman–Crippen MR) is 79.2 cm³/mol. The summed E-state index contributed by atoms with van der Waals surface area (Å²) in [7, 11) is 1.87. The molecule has 0 aliphatic carbocycles. The molecule has 1 unspecified atom stereocenters. The Bertz CT molecular complexity index is 577. The number of nitrogens with one attached hydrogen (secondary N) is 2. The molecule has 1 atom stereocenters. The molecule has 0 spiro atoms. The fraction of sp³-hybridized carbons (Fsp3) is 0.333. The van der Waals surface area contributed by atoms with Crippen LogP contribution in [0.2, 0.25) is 0 Å². The van der Waals surface area contributed by atoms with Crippen LogP contribution in [0.5, 0.6) is 0 Å². The molecule has 1 heterocycles. The number of likely N-dealkylation sites (N-methyl/N-ethyl adjacent to an activating group) is 1. The Morgan fingerprint density at radius 1 is 1.35 bits per heavy atom. The van der Waals surface area contributed by atoms with Gasteiger partial charge in [0.05, 0.1) is 5.69 Å². The van der Waals surface area contributed by atoms with Gasteiger partial charge in [0, 0.05) is 18.3 Å². The van der Waals surface area contributed by atoms with E-state index in [9.17, 15) is 4.79 Å². The summed E-state index contributed by atoms with van der Waals surface area (Å²) in [6.07, 6.45) is 0. The van der Waals surface area contributed by atoms with Crippen LogP contribution in [0.4, 0.5) is 0 Å². The summed E-state index contributed by atoms with van der Waals surface area (Å²) in [5.41, 5.74) is 2.32. The predicted octanol–water partition coefficient (Wildman–Crippen LogP) is 1.52. The van der Waals surface area contributed by atoms with Gasteiger partial charge in [-0.25, -0.2) is 4.68 Å². The van der Waals surface area contributed by atoms with Crippen LogP contribution in [-0.2, 0) is 0 Å². The minimum Gasteiger partial charge on any atom is -0.349 e. The van der Waals surface area contributed by atoms with Gasteiger partial charge in [0.15, 0.2) is 5.69 Å². The summed E-state index contributed by atoms with van der Waals surface area (Å²) in [5.74, 6) is -0.148. The van der Waals surface area contributed by atoms with E-state index in [2.05, 4.69) is 15.7 Å². The van der Waals surface area contributed by atoms with Crippen LogP contribution < -0.4 is 10.6 Å². The first-order valence-electron chi connectivity index (χ1n) is 6.69. The average molecular weight is 272 g/mol. The Balaban J connectivity index is 2.13. The highest BCUT2D eigenvalue weighted by Crippen LogP contribution is 2.11. The van der Waals surface area contributed by atoms with Crippen molar-refractivity contribution in [3.63, 3.8) is 0 Å². The quantitative estimate of drug-likeness (QED) is 0.867. The number of nitrogens with zero attached hydrogens (tertiary/aromatic N) is 2. The maximum atomic E-state index is 12.0. The standard InChI is InChI=1S/C15H20N4O/c1-11(16-3)10-17-15(20)14-9-12(2)19(18-14)13-7-5-4-6-8-13/h4-9,11,16H,10H2,1-3H3,(H,17,20). The van der Waals surface area contributed by atoms with Crippen LogP contribution in [0.3, 0.4) is 0 Å². The van der Waals surface area contributed by atoms with Crippen molar-refractivity contribution in [3.05, 3.63) is 47.8 Å². The SMILES string of the molecule is CNC(C)CNC(=O)c1cc(C)n(-c2ccccc2)n1. The molecular formula is C15H20N4O. The highest BCUT2D eigenvalue weighted by Gasteiger charge is 2.13. The third-order valence-corrected chi connectivity index (χ3v) is 3.18. The van der Waals surface area contributed by atoms with Gasteiger partial charge in [-0.05, 0) is 39.1 Å². The average Bonchev–Trinajstić information content (AvgIpc) is 2.87. The molecule has 0 saturated carbocycles. The first-order chi connectivity index (χ1) is 9.61. The zero-order valence-electron chi connectivity index (χ0n) is 12.1. The second-order valence-electron chi connectivity index (χ2n) is 4.82. The van der Waals surface area contributed by atoms with Gasteiger partial charge in [0.1, 0.15) is 0 Å². The minimum absolute atomic E-state index is 0.148. The Labute approximate surface area is 119 Å².